The molecule has 1 aromatic carbocycles. The Hall–Kier alpha value is -1.45. The Bertz CT molecular complexity index is 468. The summed E-state index contributed by atoms with van der Waals surface area (Å²) in [6.07, 6.45) is -2.70. The predicted molar refractivity (Wildman–Crippen MR) is 48.0 cm³/mol. The van der Waals surface area contributed by atoms with Crippen LogP contribution in [0.5, 0.6) is 0 Å². The van der Waals surface area contributed by atoms with Crippen LogP contribution in [-0.2, 0) is 6.18 Å². The molecule has 1 heterocycles. The molecule has 0 radical (unpaired) electrons. The minimum atomic E-state index is -4.29. The van der Waals surface area contributed by atoms with E-state index in [9.17, 15) is 13.2 Å². The summed E-state index contributed by atoms with van der Waals surface area (Å²) in [7, 11) is 0. The van der Waals surface area contributed by atoms with Crippen molar-refractivity contribution in [2.75, 3.05) is 0 Å². The van der Waals surface area contributed by atoms with Crippen LogP contribution in [0.2, 0.25) is 0 Å². The van der Waals surface area contributed by atoms with Crippen LogP contribution < -0.4 is 0 Å². The van der Waals surface area contributed by atoms with Gasteiger partial charge in [-0.05, 0) is 24.6 Å². The highest BCUT2D eigenvalue weighted by Gasteiger charge is 2.33. The molecule has 4 heteroatoms. The van der Waals surface area contributed by atoms with Crippen molar-refractivity contribution in [1.29, 1.82) is 0 Å². The fourth-order valence-corrected chi connectivity index (χ4v) is 1.59. The van der Waals surface area contributed by atoms with E-state index < -0.39 is 11.7 Å². The van der Waals surface area contributed by atoms with Gasteiger partial charge in [-0.2, -0.15) is 13.2 Å². The van der Waals surface area contributed by atoms with Crippen molar-refractivity contribution in [2.24, 2.45) is 0 Å². The Balaban J connectivity index is 2.82. The Morgan fingerprint density at radius 2 is 1.93 bits per heavy atom. The number of aryl methyl sites for hydroxylation is 1. The second kappa shape index (κ2) is 2.77. The monoisotopic (exact) mass is 199 g/mol. The van der Waals surface area contributed by atoms with Gasteiger partial charge in [-0.25, -0.2) is 0 Å². The van der Waals surface area contributed by atoms with E-state index in [1.807, 2.05) is 0 Å². The smallest absolute Gasteiger partial charge is 0.361 e. The standard InChI is InChI=1S/C10H8F3N/c1-6-5-14-8-4-2-3-7(9(6)8)10(11,12)13/h2-5,14H,1H3. The zero-order chi connectivity index (χ0) is 10.3. The third-order valence-corrected chi connectivity index (χ3v) is 2.21. The van der Waals surface area contributed by atoms with Crippen molar-refractivity contribution in [3.8, 4) is 0 Å². The number of H-pyrrole nitrogens is 1. The van der Waals surface area contributed by atoms with Crippen LogP contribution in [0.1, 0.15) is 11.1 Å². The lowest BCUT2D eigenvalue weighted by molar-refractivity contribution is -0.136. The molecule has 2 aromatic rings. The van der Waals surface area contributed by atoms with Crippen molar-refractivity contribution in [2.45, 2.75) is 13.1 Å². The Morgan fingerprint density at radius 3 is 2.57 bits per heavy atom. The predicted octanol–water partition coefficient (Wildman–Crippen LogP) is 3.50. The second-order valence-corrected chi connectivity index (χ2v) is 3.20. The van der Waals surface area contributed by atoms with Gasteiger partial charge in [0.2, 0.25) is 0 Å². The highest BCUT2D eigenvalue weighted by molar-refractivity contribution is 5.86. The molecule has 1 N–H and O–H groups in total. The number of rotatable bonds is 0. The SMILES string of the molecule is Cc1c[nH]c2cccc(C(F)(F)F)c12. The van der Waals surface area contributed by atoms with Gasteiger partial charge < -0.3 is 4.98 Å². The third kappa shape index (κ3) is 1.27. The molecule has 14 heavy (non-hydrogen) atoms. The molecule has 0 atom stereocenters. The van der Waals surface area contributed by atoms with Gasteiger partial charge >= 0.3 is 6.18 Å². The molecule has 0 saturated carbocycles. The summed E-state index contributed by atoms with van der Waals surface area (Å²) in [5.41, 5.74) is 0.569. The van der Waals surface area contributed by atoms with E-state index >= 15 is 0 Å². The number of aromatic amines is 1. The fraction of sp³-hybridized carbons (Fsp3) is 0.200. The Morgan fingerprint density at radius 1 is 1.21 bits per heavy atom. The lowest BCUT2D eigenvalue weighted by atomic mass is 10.1. The second-order valence-electron chi connectivity index (χ2n) is 3.20. The molecule has 0 bridgehead atoms. The number of hydrogen-bond donors (Lipinski definition) is 1. The first-order valence-electron chi connectivity index (χ1n) is 4.14. The van der Waals surface area contributed by atoms with Gasteiger partial charge in [0.1, 0.15) is 0 Å². The van der Waals surface area contributed by atoms with E-state index in [-0.39, 0.29) is 5.39 Å². The zero-order valence-electron chi connectivity index (χ0n) is 7.44. The van der Waals surface area contributed by atoms with Gasteiger partial charge in [-0.3, -0.25) is 0 Å². The molecule has 74 valence electrons. The third-order valence-electron chi connectivity index (χ3n) is 2.21. The van der Waals surface area contributed by atoms with E-state index in [4.69, 9.17) is 0 Å². The maximum absolute atomic E-state index is 12.6. The average molecular weight is 199 g/mol. The first kappa shape index (κ1) is 9.12. The first-order chi connectivity index (χ1) is 6.50. The number of hydrogen-bond acceptors (Lipinski definition) is 0. The van der Waals surface area contributed by atoms with Gasteiger partial charge in [0.15, 0.2) is 0 Å². The van der Waals surface area contributed by atoms with Crippen LogP contribution >= 0.6 is 0 Å². The number of nitrogens with one attached hydrogen (secondary N) is 1. The molecule has 2 rings (SSSR count). The number of fused-ring (bicyclic) bond motifs is 1. The van der Waals surface area contributed by atoms with Crippen LogP contribution in [0.4, 0.5) is 13.2 Å². The highest BCUT2D eigenvalue weighted by Crippen LogP contribution is 2.35. The molecule has 1 nitrogen and oxygen atoms in total. The summed E-state index contributed by atoms with van der Waals surface area (Å²) in [5, 5.41) is 0.264. The minimum Gasteiger partial charge on any atom is -0.361 e. The van der Waals surface area contributed by atoms with Crippen molar-refractivity contribution in [1.82, 2.24) is 4.98 Å². The quantitative estimate of drug-likeness (QED) is 0.668. The molecule has 1 aromatic heterocycles. The van der Waals surface area contributed by atoms with Crippen molar-refractivity contribution in [3.63, 3.8) is 0 Å². The van der Waals surface area contributed by atoms with E-state index in [2.05, 4.69) is 4.98 Å². The maximum Gasteiger partial charge on any atom is 0.417 e. The molecule has 0 saturated heterocycles. The van der Waals surface area contributed by atoms with Crippen LogP contribution in [0.15, 0.2) is 24.4 Å². The van der Waals surface area contributed by atoms with Gasteiger partial charge in [0.25, 0.3) is 0 Å². The number of halogens is 3. The van der Waals surface area contributed by atoms with Crippen LogP contribution in [0, 0.1) is 6.92 Å². The molecule has 0 amide bonds. The summed E-state index contributed by atoms with van der Waals surface area (Å²) in [4.78, 5) is 2.80. The summed E-state index contributed by atoms with van der Waals surface area (Å²) in [6.45, 7) is 1.66. The van der Waals surface area contributed by atoms with Gasteiger partial charge in [-0.15, -0.1) is 0 Å². The van der Waals surface area contributed by atoms with E-state index in [0.717, 1.165) is 6.07 Å². The molecular formula is C10H8F3N. The van der Waals surface area contributed by atoms with Gasteiger partial charge in [-0.1, -0.05) is 6.07 Å². The molecule has 0 aliphatic carbocycles. The van der Waals surface area contributed by atoms with Crippen molar-refractivity contribution < 1.29 is 13.2 Å². The largest absolute Gasteiger partial charge is 0.417 e. The van der Waals surface area contributed by atoms with E-state index in [1.165, 1.54) is 6.07 Å². The molecule has 0 aliphatic rings. The number of alkyl halides is 3. The molecule has 0 unspecified atom stereocenters. The highest BCUT2D eigenvalue weighted by atomic mass is 19.4. The molecular weight excluding hydrogens is 191 g/mol. The fourth-order valence-electron chi connectivity index (χ4n) is 1.59. The Kier molecular flexibility index (Phi) is 1.80. The number of benzene rings is 1. The van der Waals surface area contributed by atoms with Crippen LogP contribution in [0.3, 0.4) is 0 Å². The van der Waals surface area contributed by atoms with E-state index in [0.29, 0.717) is 11.1 Å². The number of aromatic nitrogens is 1. The summed E-state index contributed by atoms with van der Waals surface area (Å²) in [5.74, 6) is 0. The molecule has 0 fully saturated rings. The van der Waals surface area contributed by atoms with Gasteiger partial charge in [0.05, 0.1) is 5.56 Å². The first-order valence-corrected chi connectivity index (χ1v) is 4.14. The zero-order valence-corrected chi connectivity index (χ0v) is 7.44. The maximum atomic E-state index is 12.6. The van der Waals surface area contributed by atoms with Crippen LogP contribution in [0.25, 0.3) is 10.9 Å². The topological polar surface area (TPSA) is 15.8 Å². The summed E-state index contributed by atoms with van der Waals surface area (Å²) >= 11 is 0. The molecule has 0 spiro atoms. The summed E-state index contributed by atoms with van der Waals surface area (Å²) < 4.78 is 37.7. The van der Waals surface area contributed by atoms with E-state index in [1.54, 1.807) is 19.2 Å². The minimum absolute atomic E-state index is 0.264. The van der Waals surface area contributed by atoms with Crippen molar-refractivity contribution in [3.05, 3.63) is 35.5 Å². The average Bonchev–Trinajstić information content (AvgIpc) is 2.46. The molecule has 0 aliphatic heterocycles. The normalized spacial score (nSPS) is 12.3. The van der Waals surface area contributed by atoms with Crippen molar-refractivity contribution >= 4 is 10.9 Å². The van der Waals surface area contributed by atoms with Crippen LogP contribution in [-0.4, -0.2) is 4.98 Å². The van der Waals surface area contributed by atoms with Gasteiger partial charge in [0, 0.05) is 17.1 Å². The Labute approximate surface area is 78.5 Å². The lowest BCUT2D eigenvalue weighted by Crippen LogP contribution is -2.05. The summed E-state index contributed by atoms with van der Waals surface area (Å²) in [6, 6.07) is 4.14. The lowest BCUT2D eigenvalue weighted by Gasteiger charge is -2.08.